The van der Waals surface area contributed by atoms with Crippen LogP contribution in [0.1, 0.15) is 5.56 Å². The van der Waals surface area contributed by atoms with E-state index >= 15 is 0 Å². The molecule has 2 aromatic carbocycles. The van der Waals surface area contributed by atoms with E-state index in [1.165, 1.54) is 12.1 Å². The van der Waals surface area contributed by atoms with Crippen molar-refractivity contribution < 1.29 is 23.4 Å². The van der Waals surface area contributed by atoms with Crippen molar-refractivity contribution in [1.82, 2.24) is 4.57 Å². The Hall–Kier alpha value is -3.15. The molecule has 4 nitrogen and oxygen atoms in total. The average molecular weight is 329 g/mol. The predicted molar refractivity (Wildman–Crippen MR) is 86.0 cm³/mol. The van der Waals surface area contributed by atoms with E-state index in [0.717, 1.165) is 23.7 Å². The van der Waals surface area contributed by atoms with E-state index in [-0.39, 0.29) is 5.75 Å². The Balaban J connectivity index is 2.12. The smallest absolute Gasteiger partial charge is 0.328 e. The fourth-order valence-electron chi connectivity index (χ4n) is 2.50. The number of aryl methyl sites for hydroxylation is 1. The molecule has 24 heavy (non-hydrogen) atoms. The molecule has 122 valence electrons. The molecule has 3 rings (SSSR count). The molecule has 0 fully saturated rings. The molecule has 0 atom stereocenters. The summed E-state index contributed by atoms with van der Waals surface area (Å²) in [5, 5.41) is 9.45. The van der Waals surface area contributed by atoms with Crippen LogP contribution >= 0.6 is 0 Å². The Labute approximate surface area is 136 Å². The summed E-state index contributed by atoms with van der Waals surface area (Å²) < 4.78 is 34.3. The maximum absolute atomic E-state index is 13.8. The van der Waals surface area contributed by atoms with Gasteiger partial charge in [0.1, 0.15) is 11.6 Å². The number of aliphatic carboxylic acids is 1. The van der Waals surface area contributed by atoms with Crippen molar-refractivity contribution >= 4 is 22.9 Å². The number of hydrogen-bond donors (Lipinski definition) is 1. The lowest BCUT2D eigenvalue weighted by atomic mass is 10.1. The first-order chi connectivity index (χ1) is 11.5. The molecule has 1 heterocycles. The molecule has 0 aliphatic rings. The molecule has 0 bridgehead atoms. The number of carboxylic acid groups (broad SMARTS) is 1. The third-order valence-electron chi connectivity index (χ3n) is 3.52. The lowest BCUT2D eigenvalue weighted by Crippen LogP contribution is -1.91. The zero-order chi connectivity index (χ0) is 17.3. The van der Waals surface area contributed by atoms with Crippen molar-refractivity contribution in [2.75, 3.05) is 0 Å². The summed E-state index contributed by atoms with van der Waals surface area (Å²) in [6.45, 7) is 0. The number of benzene rings is 2. The summed E-state index contributed by atoms with van der Waals surface area (Å²) in [4.78, 5) is 10.8. The van der Waals surface area contributed by atoms with Crippen LogP contribution in [0.25, 0.3) is 17.0 Å². The topological polar surface area (TPSA) is 51.5 Å². The summed E-state index contributed by atoms with van der Waals surface area (Å²) in [6.07, 6.45) is 4.21. The van der Waals surface area contributed by atoms with Crippen molar-refractivity contribution in [3.63, 3.8) is 0 Å². The molecule has 0 spiro atoms. The minimum atomic E-state index is -1.07. The van der Waals surface area contributed by atoms with Gasteiger partial charge in [0.2, 0.25) is 0 Å². The number of ether oxygens (including phenoxy) is 1. The summed E-state index contributed by atoms with van der Waals surface area (Å²) in [5.41, 5.74) is 1.41. The SMILES string of the molecule is Cn1cc(/C=C/C(=O)O)c2c(Oc3ccc(F)cc3F)cccc21. The fraction of sp³-hybridized carbons (Fsp3) is 0.0556. The van der Waals surface area contributed by atoms with E-state index < -0.39 is 17.6 Å². The van der Waals surface area contributed by atoms with Gasteiger partial charge >= 0.3 is 5.97 Å². The Morgan fingerprint density at radius 2 is 2.00 bits per heavy atom. The molecular formula is C18H13F2NO3. The first kappa shape index (κ1) is 15.7. The summed E-state index contributed by atoms with van der Waals surface area (Å²) in [6, 6.07) is 8.27. The van der Waals surface area contributed by atoms with Crippen LogP contribution in [0, 0.1) is 11.6 Å². The zero-order valence-corrected chi connectivity index (χ0v) is 12.7. The molecule has 0 unspecified atom stereocenters. The number of halogens is 2. The quantitative estimate of drug-likeness (QED) is 0.724. The van der Waals surface area contributed by atoms with E-state index in [9.17, 15) is 13.6 Å². The number of carboxylic acids is 1. The Morgan fingerprint density at radius 3 is 2.71 bits per heavy atom. The average Bonchev–Trinajstić information content (AvgIpc) is 2.85. The fourth-order valence-corrected chi connectivity index (χ4v) is 2.50. The van der Waals surface area contributed by atoms with Crippen LogP contribution in [0.4, 0.5) is 8.78 Å². The van der Waals surface area contributed by atoms with E-state index in [1.54, 1.807) is 18.3 Å². The second-order valence-corrected chi connectivity index (χ2v) is 5.19. The molecule has 0 amide bonds. The van der Waals surface area contributed by atoms with Crippen molar-refractivity contribution in [2.45, 2.75) is 0 Å². The maximum Gasteiger partial charge on any atom is 0.328 e. The van der Waals surface area contributed by atoms with Crippen LogP contribution in [-0.2, 0) is 11.8 Å². The second kappa shape index (κ2) is 6.16. The lowest BCUT2D eigenvalue weighted by Gasteiger charge is -2.09. The largest absolute Gasteiger partial charge is 0.478 e. The highest BCUT2D eigenvalue weighted by molar-refractivity contribution is 5.97. The van der Waals surface area contributed by atoms with Crippen molar-refractivity contribution in [2.24, 2.45) is 7.05 Å². The van der Waals surface area contributed by atoms with Gasteiger partial charge in [-0.15, -0.1) is 0 Å². The summed E-state index contributed by atoms with van der Waals surface area (Å²) in [5.74, 6) is -2.34. The first-order valence-corrected chi connectivity index (χ1v) is 7.07. The molecule has 0 saturated heterocycles. The third-order valence-corrected chi connectivity index (χ3v) is 3.52. The van der Waals surface area contributed by atoms with Gasteiger partial charge in [-0.25, -0.2) is 13.6 Å². The van der Waals surface area contributed by atoms with Crippen LogP contribution in [0.3, 0.4) is 0 Å². The van der Waals surface area contributed by atoms with Gasteiger partial charge in [-0.3, -0.25) is 0 Å². The number of carbonyl (C=O) groups is 1. The molecule has 1 N–H and O–H groups in total. The number of aromatic nitrogens is 1. The van der Waals surface area contributed by atoms with E-state index in [2.05, 4.69) is 0 Å². The van der Waals surface area contributed by atoms with Gasteiger partial charge < -0.3 is 14.4 Å². The highest BCUT2D eigenvalue weighted by Crippen LogP contribution is 2.35. The normalized spacial score (nSPS) is 11.3. The summed E-state index contributed by atoms with van der Waals surface area (Å²) >= 11 is 0. The Bertz CT molecular complexity index is 960. The molecule has 6 heteroatoms. The number of hydrogen-bond acceptors (Lipinski definition) is 2. The second-order valence-electron chi connectivity index (χ2n) is 5.19. The maximum atomic E-state index is 13.8. The van der Waals surface area contributed by atoms with Gasteiger partial charge in [0.05, 0.1) is 5.52 Å². The monoisotopic (exact) mass is 329 g/mol. The van der Waals surface area contributed by atoms with Gasteiger partial charge in [0, 0.05) is 36.3 Å². The van der Waals surface area contributed by atoms with Crippen LogP contribution in [0.5, 0.6) is 11.5 Å². The highest BCUT2D eigenvalue weighted by atomic mass is 19.1. The molecular weight excluding hydrogens is 316 g/mol. The minimum absolute atomic E-state index is 0.110. The highest BCUT2D eigenvalue weighted by Gasteiger charge is 2.13. The van der Waals surface area contributed by atoms with Gasteiger partial charge in [-0.2, -0.15) is 0 Å². The van der Waals surface area contributed by atoms with E-state index in [4.69, 9.17) is 9.84 Å². The van der Waals surface area contributed by atoms with Gasteiger partial charge in [-0.05, 0) is 30.3 Å². The minimum Gasteiger partial charge on any atom is -0.478 e. The van der Waals surface area contributed by atoms with Crippen LogP contribution in [0.15, 0.2) is 48.7 Å². The van der Waals surface area contributed by atoms with Gasteiger partial charge in [0.25, 0.3) is 0 Å². The number of fused-ring (bicyclic) bond motifs is 1. The van der Waals surface area contributed by atoms with Gasteiger partial charge in [0.15, 0.2) is 11.6 Å². The van der Waals surface area contributed by atoms with Crippen LogP contribution < -0.4 is 4.74 Å². The van der Waals surface area contributed by atoms with Crippen molar-refractivity contribution in [1.29, 1.82) is 0 Å². The van der Waals surface area contributed by atoms with Crippen LogP contribution in [-0.4, -0.2) is 15.6 Å². The van der Waals surface area contributed by atoms with Crippen molar-refractivity contribution in [3.05, 3.63) is 65.9 Å². The van der Waals surface area contributed by atoms with Crippen LogP contribution in [0.2, 0.25) is 0 Å². The zero-order valence-electron chi connectivity index (χ0n) is 12.7. The third kappa shape index (κ3) is 2.99. The molecule has 1 aromatic heterocycles. The molecule has 3 aromatic rings. The predicted octanol–water partition coefficient (Wildman–Crippen LogP) is 4.35. The standard InChI is InChI=1S/C18H13F2NO3/c1-21-10-11(5-8-17(22)23)18-14(21)3-2-4-16(18)24-15-7-6-12(19)9-13(15)20/h2-10H,1H3,(H,22,23)/b8-5+. The molecule has 0 radical (unpaired) electrons. The number of nitrogens with zero attached hydrogens (tertiary/aromatic N) is 1. The Morgan fingerprint density at radius 1 is 1.21 bits per heavy atom. The summed E-state index contributed by atoms with van der Waals surface area (Å²) in [7, 11) is 1.81. The molecule has 0 aliphatic carbocycles. The Kier molecular flexibility index (Phi) is 4.04. The molecule has 0 aliphatic heterocycles. The van der Waals surface area contributed by atoms with E-state index in [0.29, 0.717) is 16.7 Å². The number of rotatable bonds is 4. The van der Waals surface area contributed by atoms with Crippen molar-refractivity contribution in [3.8, 4) is 11.5 Å². The lowest BCUT2D eigenvalue weighted by molar-refractivity contribution is -0.131. The van der Waals surface area contributed by atoms with E-state index in [1.807, 2.05) is 17.7 Å². The first-order valence-electron chi connectivity index (χ1n) is 7.07. The molecule has 0 saturated carbocycles. The van der Waals surface area contributed by atoms with Gasteiger partial charge in [-0.1, -0.05) is 6.07 Å².